The molecular weight excluding hydrogens is 213 g/mol. The topological polar surface area (TPSA) is 59.0 Å². The van der Waals surface area contributed by atoms with Crippen molar-refractivity contribution in [3.63, 3.8) is 0 Å². The number of benzene rings is 1. The molecule has 2 rings (SSSR count). The second-order valence-electron chi connectivity index (χ2n) is 2.24. The van der Waals surface area contributed by atoms with Crippen LogP contribution in [-0.2, 0) is 9.19 Å². The summed E-state index contributed by atoms with van der Waals surface area (Å²) in [5.74, 6) is 0.621. The van der Waals surface area contributed by atoms with Crippen molar-refractivity contribution in [1.82, 2.24) is 0 Å². The molecule has 13 heavy (non-hydrogen) atoms. The van der Waals surface area contributed by atoms with Crippen molar-refractivity contribution in [1.29, 1.82) is 0 Å². The number of nitrogens with zero attached hydrogens (tertiary/aromatic N) is 1. The molecule has 1 atom stereocenters. The van der Waals surface area contributed by atoms with E-state index in [2.05, 4.69) is 4.62 Å². The summed E-state index contributed by atoms with van der Waals surface area (Å²) in [6.45, 7) is 0. The Balaban J connectivity index is 2.23. The first-order valence-corrected chi connectivity index (χ1v) is 5.38. The first kappa shape index (κ1) is 8.90. The quantitative estimate of drug-likeness (QED) is 0.464. The van der Waals surface area contributed by atoms with E-state index in [1.807, 2.05) is 6.07 Å². The van der Waals surface area contributed by atoms with Crippen LogP contribution in [0.3, 0.4) is 0 Å². The molecule has 7 heteroatoms. The van der Waals surface area contributed by atoms with Gasteiger partial charge in [-0.3, -0.25) is 4.57 Å². The average molecular weight is 219 g/mol. The fourth-order valence-corrected chi connectivity index (χ4v) is 2.00. The van der Waals surface area contributed by atoms with Crippen molar-refractivity contribution < 1.29 is 18.3 Å². The van der Waals surface area contributed by atoms with E-state index in [1.54, 1.807) is 18.2 Å². The Morgan fingerprint density at radius 2 is 2.31 bits per heavy atom. The van der Waals surface area contributed by atoms with Gasteiger partial charge in [0.25, 0.3) is 0 Å². The predicted molar refractivity (Wildman–Crippen MR) is 49.4 cm³/mol. The van der Waals surface area contributed by atoms with E-state index in [4.69, 9.17) is 9.08 Å². The predicted octanol–water partition coefficient (Wildman–Crippen LogP) is 1.76. The summed E-state index contributed by atoms with van der Waals surface area (Å²) in [4.78, 5) is 8.55. The van der Waals surface area contributed by atoms with Crippen LogP contribution in [0, 0.1) is 0 Å². The Morgan fingerprint density at radius 1 is 1.54 bits per heavy atom. The van der Waals surface area contributed by atoms with Gasteiger partial charge in [0.1, 0.15) is 5.69 Å². The van der Waals surface area contributed by atoms with Gasteiger partial charge in [-0.1, -0.05) is 12.1 Å². The van der Waals surface area contributed by atoms with Crippen molar-refractivity contribution in [2.45, 2.75) is 0 Å². The molecule has 1 N–H and O–H groups in total. The van der Waals surface area contributed by atoms with Crippen LogP contribution < -0.4 is 8.65 Å². The van der Waals surface area contributed by atoms with Crippen LogP contribution >= 0.6 is 20.5 Å². The van der Waals surface area contributed by atoms with Gasteiger partial charge in [-0.2, -0.15) is 4.62 Å². The van der Waals surface area contributed by atoms with Gasteiger partial charge in [-0.05, 0) is 12.1 Å². The Bertz CT molecular complexity index is 347. The second kappa shape index (κ2) is 3.59. The van der Waals surface area contributed by atoms with Crippen LogP contribution in [0.5, 0.6) is 5.75 Å². The molecule has 0 saturated heterocycles. The highest BCUT2D eigenvalue weighted by Gasteiger charge is 2.24. The highest BCUT2D eigenvalue weighted by atomic mass is 32.2. The maximum absolute atomic E-state index is 10.4. The lowest BCUT2D eigenvalue weighted by Crippen LogP contribution is -2.06. The summed E-state index contributed by atoms with van der Waals surface area (Å²) in [7, 11) is -2.98. The molecule has 1 aliphatic heterocycles. The molecule has 0 aromatic heterocycles. The molecule has 1 aliphatic rings. The number of fused-ring (bicyclic) bond motifs is 1. The first-order chi connectivity index (χ1) is 6.27. The first-order valence-electron chi connectivity index (χ1n) is 3.42. The van der Waals surface area contributed by atoms with Crippen molar-refractivity contribution in [3.8, 4) is 5.75 Å². The molecular formula is C6H6NO4PS. The normalized spacial score (nSPS) is 16.5. The van der Waals surface area contributed by atoms with Gasteiger partial charge in [-0.25, -0.2) is 0 Å². The summed E-state index contributed by atoms with van der Waals surface area (Å²) in [6.07, 6.45) is 0. The van der Waals surface area contributed by atoms with Gasteiger partial charge in [0.05, 0.1) is 0 Å². The maximum Gasteiger partial charge on any atom is 0.338 e. The standard InChI is InChI=1S/C6H6NO4PS/c8-12(9)11-7-5-3-1-2-4-6(5)10-13-7/h1-4,12H,(H,8,9). The van der Waals surface area contributed by atoms with E-state index < -0.39 is 8.25 Å². The molecule has 1 aromatic carbocycles. The third kappa shape index (κ3) is 1.81. The Kier molecular flexibility index (Phi) is 2.46. The third-order valence-corrected chi connectivity index (χ3v) is 2.55. The van der Waals surface area contributed by atoms with E-state index in [0.717, 1.165) is 12.2 Å². The zero-order valence-electron chi connectivity index (χ0n) is 6.34. The van der Waals surface area contributed by atoms with E-state index in [0.29, 0.717) is 11.4 Å². The summed E-state index contributed by atoms with van der Waals surface area (Å²) in [5, 5.41) is 0. The fourth-order valence-electron chi connectivity index (χ4n) is 0.928. The average Bonchev–Trinajstić information content (AvgIpc) is 2.48. The molecule has 0 amide bonds. The van der Waals surface area contributed by atoms with Crippen molar-refractivity contribution in [2.75, 3.05) is 4.47 Å². The molecule has 0 aliphatic carbocycles. The van der Waals surface area contributed by atoms with Gasteiger partial charge in [-0.15, -0.1) is 4.47 Å². The summed E-state index contributed by atoms with van der Waals surface area (Å²) in [6, 6.07) is 7.09. The number of para-hydroxylation sites is 2. The van der Waals surface area contributed by atoms with Crippen LogP contribution in [0.1, 0.15) is 0 Å². The molecule has 0 radical (unpaired) electrons. The SMILES string of the molecule is O=[PH](O)ON1SOc2ccccc21. The number of hydrogen-bond acceptors (Lipinski definition) is 5. The van der Waals surface area contributed by atoms with Gasteiger partial charge in [0, 0.05) is 0 Å². The van der Waals surface area contributed by atoms with E-state index in [-0.39, 0.29) is 0 Å². The van der Waals surface area contributed by atoms with Crippen LogP contribution in [-0.4, -0.2) is 4.89 Å². The third-order valence-electron chi connectivity index (χ3n) is 1.42. The molecule has 1 aromatic rings. The number of anilines is 1. The number of hydrogen-bond donors (Lipinski definition) is 1. The molecule has 0 fully saturated rings. The fraction of sp³-hybridized carbons (Fsp3) is 0. The highest BCUT2D eigenvalue weighted by Crippen LogP contribution is 2.43. The summed E-state index contributed by atoms with van der Waals surface area (Å²) < 4.78 is 21.3. The molecule has 0 saturated carbocycles. The van der Waals surface area contributed by atoms with E-state index >= 15 is 0 Å². The Morgan fingerprint density at radius 3 is 3.08 bits per heavy atom. The van der Waals surface area contributed by atoms with E-state index in [9.17, 15) is 4.57 Å². The van der Waals surface area contributed by atoms with Crippen LogP contribution in [0.2, 0.25) is 0 Å². The van der Waals surface area contributed by atoms with Gasteiger partial charge < -0.3 is 9.08 Å². The minimum Gasteiger partial charge on any atom is -0.401 e. The lowest BCUT2D eigenvalue weighted by Gasteiger charge is -2.09. The van der Waals surface area contributed by atoms with Crippen LogP contribution in [0.25, 0.3) is 0 Å². The lowest BCUT2D eigenvalue weighted by atomic mass is 10.3. The summed E-state index contributed by atoms with van der Waals surface area (Å²) >= 11 is 0.876. The Labute approximate surface area is 79.5 Å². The van der Waals surface area contributed by atoms with Crippen LogP contribution in [0.4, 0.5) is 5.69 Å². The molecule has 1 heterocycles. The van der Waals surface area contributed by atoms with E-state index in [1.165, 1.54) is 4.47 Å². The Hall–Kier alpha value is -0.680. The summed E-state index contributed by atoms with van der Waals surface area (Å²) in [5.41, 5.74) is 0.639. The maximum atomic E-state index is 10.4. The molecule has 0 spiro atoms. The largest absolute Gasteiger partial charge is 0.401 e. The van der Waals surface area contributed by atoms with Gasteiger partial charge >= 0.3 is 8.25 Å². The van der Waals surface area contributed by atoms with Crippen molar-refractivity contribution in [2.24, 2.45) is 0 Å². The highest BCUT2D eigenvalue weighted by molar-refractivity contribution is 7.96. The van der Waals surface area contributed by atoms with Gasteiger partial charge in [0.2, 0.25) is 12.2 Å². The van der Waals surface area contributed by atoms with Crippen molar-refractivity contribution in [3.05, 3.63) is 24.3 Å². The van der Waals surface area contributed by atoms with Gasteiger partial charge in [0.15, 0.2) is 5.75 Å². The lowest BCUT2D eigenvalue weighted by molar-refractivity contribution is 0.306. The minimum absolute atomic E-state index is 0.621. The smallest absolute Gasteiger partial charge is 0.338 e. The monoisotopic (exact) mass is 219 g/mol. The zero-order valence-corrected chi connectivity index (χ0v) is 8.15. The van der Waals surface area contributed by atoms with Crippen molar-refractivity contribution >= 4 is 26.2 Å². The minimum atomic E-state index is -2.98. The second-order valence-corrected chi connectivity index (χ2v) is 3.60. The number of rotatable bonds is 2. The zero-order chi connectivity index (χ0) is 9.26. The molecule has 5 nitrogen and oxygen atoms in total. The molecule has 0 bridgehead atoms. The van der Waals surface area contributed by atoms with Crippen LogP contribution in [0.15, 0.2) is 24.3 Å². The molecule has 70 valence electrons. The molecule has 1 unspecified atom stereocenters.